The summed E-state index contributed by atoms with van der Waals surface area (Å²) in [5.74, 6) is -1.27. The lowest BCUT2D eigenvalue weighted by Crippen LogP contribution is -2.11. The van der Waals surface area contributed by atoms with E-state index in [-0.39, 0.29) is 0 Å². The average molecular weight is 203 g/mol. The third kappa shape index (κ3) is 2.77. The highest BCUT2D eigenvalue weighted by atomic mass is 32.1. The Balaban J connectivity index is 2.58. The topological polar surface area (TPSA) is 50.2 Å². The van der Waals surface area contributed by atoms with Gasteiger partial charge in [-0.15, -0.1) is 11.3 Å². The van der Waals surface area contributed by atoms with Gasteiger partial charge in [0.05, 0.1) is 5.92 Å². The van der Waals surface area contributed by atoms with E-state index in [1.807, 2.05) is 0 Å². The molecule has 3 nitrogen and oxygen atoms in total. The minimum Gasteiger partial charge on any atom is -0.481 e. The van der Waals surface area contributed by atoms with Crippen LogP contribution in [-0.2, 0) is 17.9 Å². The second-order valence-electron chi connectivity index (χ2n) is 2.80. The van der Waals surface area contributed by atoms with E-state index in [1.165, 1.54) is 11.3 Å². The number of rotatable bonds is 4. The highest BCUT2D eigenvalue weighted by Crippen LogP contribution is 2.17. The molecule has 5 heteroatoms. The van der Waals surface area contributed by atoms with E-state index in [4.69, 9.17) is 5.11 Å². The molecule has 1 aromatic rings. The van der Waals surface area contributed by atoms with Crippen molar-refractivity contribution in [3.8, 4) is 0 Å². The van der Waals surface area contributed by atoms with E-state index < -0.39 is 18.6 Å². The summed E-state index contributed by atoms with van der Waals surface area (Å²) in [6.45, 7) is 1.04. The molecule has 0 aliphatic heterocycles. The van der Waals surface area contributed by atoms with Crippen molar-refractivity contribution >= 4 is 17.3 Å². The van der Waals surface area contributed by atoms with E-state index >= 15 is 0 Å². The van der Waals surface area contributed by atoms with Gasteiger partial charge in [-0.05, 0) is 6.42 Å². The molecular formula is C8H10FNO2S. The van der Waals surface area contributed by atoms with Crippen molar-refractivity contribution in [1.29, 1.82) is 0 Å². The zero-order valence-corrected chi connectivity index (χ0v) is 7.97. The fourth-order valence-corrected chi connectivity index (χ4v) is 1.79. The van der Waals surface area contributed by atoms with Crippen LogP contribution in [-0.4, -0.2) is 16.1 Å². The van der Waals surface area contributed by atoms with Gasteiger partial charge in [0.25, 0.3) is 0 Å². The number of carboxylic acids is 1. The van der Waals surface area contributed by atoms with Crippen LogP contribution >= 0.6 is 11.3 Å². The van der Waals surface area contributed by atoms with Crippen molar-refractivity contribution in [3.05, 3.63) is 16.1 Å². The monoisotopic (exact) mass is 203 g/mol. The van der Waals surface area contributed by atoms with E-state index in [0.29, 0.717) is 11.4 Å². The Labute approximate surface area is 79.2 Å². The molecule has 0 amide bonds. The number of carbonyl (C=O) groups is 1. The van der Waals surface area contributed by atoms with Gasteiger partial charge in [-0.25, -0.2) is 9.37 Å². The molecule has 72 valence electrons. The number of halogens is 1. The van der Waals surface area contributed by atoms with E-state index in [1.54, 1.807) is 13.1 Å². The van der Waals surface area contributed by atoms with E-state index in [2.05, 4.69) is 4.98 Å². The molecule has 0 saturated carbocycles. The molecule has 1 rings (SSSR count). The molecule has 1 N–H and O–H groups in total. The van der Waals surface area contributed by atoms with Gasteiger partial charge in [0.15, 0.2) is 0 Å². The molecule has 0 saturated heterocycles. The average Bonchev–Trinajstić information content (AvgIpc) is 2.52. The maximum Gasteiger partial charge on any atom is 0.306 e. The molecule has 13 heavy (non-hydrogen) atoms. The van der Waals surface area contributed by atoms with Crippen molar-refractivity contribution < 1.29 is 14.3 Å². The van der Waals surface area contributed by atoms with Crippen LogP contribution in [0.1, 0.15) is 16.8 Å². The molecule has 0 aromatic carbocycles. The lowest BCUT2D eigenvalue weighted by Gasteiger charge is -2.01. The quantitative estimate of drug-likeness (QED) is 0.812. The number of hydrogen-bond acceptors (Lipinski definition) is 3. The van der Waals surface area contributed by atoms with Crippen LogP contribution in [0.5, 0.6) is 0 Å². The zero-order chi connectivity index (χ0) is 9.84. The summed E-state index contributed by atoms with van der Waals surface area (Å²) in [4.78, 5) is 15.1. The maximum atomic E-state index is 12.1. The number of hydrogen-bond donors (Lipinski definition) is 1. The highest BCUT2D eigenvalue weighted by molar-refractivity contribution is 7.11. The van der Waals surface area contributed by atoms with Crippen molar-refractivity contribution in [2.45, 2.75) is 20.0 Å². The molecule has 0 aliphatic rings. The van der Waals surface area contributed by atoms with Crippen molar-refractivity contribution in [2.75, 3.05) is 0 Å². The Bertz CT molecular complexity index is 300. The van der Waals surface area contributed by atoms with Crippen LogP contribution in [0, 0.1) is 5.92 Å². The van der Waals surface area contributed by atoms with Crippen LogP contribution in [0.15, 0.2) is 6.20 Å². The maximum absolute atomic E-state index is 12.1. The highest BCUT2D eigenvalue weighted by Gasteiger charge is 2.13. The number of carboxylic acid groups (broad SMARTS) is 1. The van der Waals surface area contributed by atoms with Crippen LogP contribution in [0.3, 0.4) is 0 Å². The largest absolute Gasteiger partial charge is 0.481 e. The summed E-state index contributed by atoms with van der Waals surface area (Å²) in [5, 5.41) is 9.03. The number of alkyl halides is 1. The summed E-state index contributed by atoms with van der Waals surface area (Å²) in [5.41, 5.74) is 0. The smallest absolute Gasteiger partial charge is 0.306 e. The lowest BCUT2D eigenvalue weighted by atomic mass is 10.1. The molecule has 1 atom stereocenters. The summed E-state index contributed by atoms with van der Waals surface area (Å²) in [6, 6.07) is 0. The Morgan fingerprint density at radius 3 is 3.00 bits per heavy atom. The molecule has 0 bridgehead atoms. The Hall–Kier alpha value is -0.970. The molecule has 1 heterocycles. The first kappa shape index (κ1) is 10.1. The van der Waals surface area contributed by atoms with Crippen molar-refractivity contribution in [2.24, 2.45) is 5.92 Å². The Morgan fingerprint density at radius 1 is 1.85 bits per heavy atom. The van der Waals surface area contributed by atoms with Gasteiger partial charge in [-0.1, -0.05) is 6.92 Å². The Kier molecular flexibility index (Phi) is 3.36. The number of aromatic nitrogens is 1. The first-order valence-corrected chi connectivity index (χ1v) is 4.67. The van der Waals surface area contributed by atoms with Gasteiger partial charge < -0.3 is 5.11 Å². The van der Waals surface area contributed by atoms with Crippen LogP contribution in [0.4, 0.5) is 4.39 Å². The molecule has 0 fully saturated rings. The fourth-order valence-electron chi connectivity index (χ4n) is 0.893. The first-order chi connectivity index (χ1) is 6.13. The predicted molar refractivity (Wildman–Crippen MR) is 47.4 cm³/mol. The third-order valence-electron chi connectivity index (χ3n) is 1.64. The number of aliphatic carboxylic acids is 1. The summed E-state index contributed by atoms with van der Waals surface area (Å²) >= 11 is 1.23. The molecule has 1 unspecified atom stereocenters. The van der Waals surface area contributed by atoms with Gasteiger partial charge in [-0.3, -0.25) is 4.79 Å². The second kappa shape index (κ2) is 4.32. The first-order valence-electron chi connectivity index (χ1n) is 3.86. The fraction of sp³-hybridized carbons (Fsp3) is 0.500. The molecule has 0 radical (unpaired) electrons. The van der Waals surface area contributed by atoms with Gasteiger partial charge in [0.2, 0.25) is 0 Å². The number of nitrogens with zero attached hydrogens (tertiary/aromatic N) is 1. The Morgan fingerprint density at radius 2 is 2.54 bits per heavy atom. The summed E-state index contributed by atoms with van der Waals surface area (Å²) in [6.07, 6.45) is 1.96. The van der Waals surface area contributed by atoms with Crippen molar-refractivity contribution in [1.82, 2.24) is 4.98 Å². The van der Waals surface area contributed by atoms with E-state index in [0.717, 1.165) is 4.88 Å². The molecule has 1 aromatic heterocycles. The number of thiazole rings is 1. The normalized spacial score (nSPS) is 12.8. The summed E-state index contributed by atoms with van der Waals surface area (Å²) in [7, 11) is 0. The predicted octanol–water partition coefficient (Wildman–Crippen LogP) is 1.88. The second-order valence-corrected chi connectivity index (χ2v) is 4.00. The standard InChI is InChI=1S/C8H10FNO2S/c1-5(8(11)12)2-6-4-10-7(3-9)13-6/h4-5H,2-3H2,1H3,(H,11,12). The molecule has 0 aliphatic carbocycles. The lowest BCUT2D eigenvalue weighted by molar-refractivity contribution is -0.141. The van der Waals surface area contributed by atoms with Crippen LogP contribution < -0.4 is 0 Å². The van der Waals surface area contributed by atoms with Gasteiger partial charge >= 0.3 is 5.97 Å². The zero-order valence-electron chi connectivity index (χ0n) is 7.16. The van der Waals surface area contributed by atoms with Crippen LogP contribution in [0.25, 0.3) is 0 Å². The van der Waals surface area contributed by atoms with Gasteiger partial charge in [-0.2, -0.15) is 0 Å². The van der Waals surface area contributed by atoms with E-state index in [9.17, 15) is 9.18 Å². The third-order valence-corrected chi connectivity index (χ3v) is 2.63. The minimum atomic E-state index is -0.838. The molecule has 0 spiro atoms. The van der Waals surface area contributed by atoms with Gasteiger partial charge in [0.1, 0.15) is 11.7 Å². The molecular weight excluding hydrogens is 193 g/mol. The SMILES string of the molecule is CC(Cc1cnc(CF)s1)C(=O)O. The van der Waals surface area contributed by atoms with Crippen LogP contribution in [0.2, 0.25) is 0 Å². The summed E-state index contributed by atoms with van der Waals surface area (Å²) < 4.78 is 12.1. The minimum absolute atomic E-state index is 0.410. The van der Waals surface area contributed by atoms with Gasteiger partial charge in [0, 0.05) is 11.1 Å². The van der Waals surface area contributed by atoms with Crippen molar-refractivity contribution in [3.63, 3.8) is 0 Å².